The predicted molar refractivity (Wildman–Crippen MR) is 36.0 cm³/mol. The fourth-order valence-electron chi connectivity index (χ4n) is 1.11. The number of ether oxygens (including phenoxy) is 1. The average molecular weight is 180 g/mol. The Labute approximate surface area is 68.6 Å². The number of hydrogen-bond donors (Lipinski definition) is 5. The van der Waals surface area contributed by atoms with Gasteiger partial charge in [0, 0.05) is 0 Å². The average Bonchev–Trinajstić information content (AvgIpc) is 2.32. The van der Waals surface area contributed by atoms with Gasteiger partial charge in [0.2, 0.25) is 0 Å². The minimum absolute atomic E-state index is 0.596. The Hall–Kier alpha value is -0.240. The van der Waals surface area contributed by atoms with Gasteiger partial charge in [-0.1, -0.05) is 0 Å². The summed E-state index contributed by atoms with van der Waals surface area (Å²) in [6, 6.07) is 0. The second kappa shape index (κ2) is 3.65. The summed E-state index contributed by atoms with van der Waals surface area (Å²) in [5.74, 6) is 0. The third-order valence-electron chi connectivity index (χ3n) is 1.84. The SMILES string of the molecule is OC[C@H](O)[C@@H]1O[C@@H](O)[C@H](O)[C@H]1O. The molecule has 0 aromatic heterocycles. The van der Waals surface area contributed by atoms with Crippen LogP contribution in [0.3, 0.4) is 0 Å². The zero-order valence-corrected chi connectivity index (χ0v) is 6.24. The number of rotatable bonds is 2. The van der Waals surface area contributed by atoms with E-state index in [0.717, 1.165) is 0 Å². The molecule has 5 N–H and O–H groups in total. The Morgan fingerprint density at radius 1 is 1.17 bits per heavy atom. The molecule has 0 aromatic carbocycles. The lowest BCUT2D eigenvalue weighted by molar-refractivity contribution is -0.150. The molecule has 0 radical (unpaired) electrons. The van der Waals surface area contributed by atoms with E-state index in [9.17, 15) is 0 Å². The molecule has 1 heterocycles. The van der Waals surface area contributed by atoms with E-state index < -0.39 is 37.3 Å². The van der Waals surface area contributed by atoms with E-state index in [1.54, 1.807) is 0 Å². The summed E-state index contributed by atoms with van der Waals surface area (Å²) in [5, 5.41) is 44.4. The van der Waals surface area contributed by atoms with E-state index in [1.165, 1.54) is 0 Å². The molecule has 6 nitrogen and oxygen atoms in total. The smallest absolute Gasteiger partial charge is 0.184 e. The predicted octanol–water partition coefficient (Wildman–Crippen LogP) is -3.22. The highest BCUT2D eigenvalue weighted by Gasteiger charge is 2.44. The first kappa shape index (κ1) is 9.85. The molecule has 0 spiro atoms. The zero-order chi connectivity index (χ0) is 9.30. The van der Waals surface area contributed by atoms with E-state index in [0.29, 0.717) is 0 Å². The Kier molecular flexibility index (Phi) is 2.99. The van der Waals surface area contributed by atoms with Crippen molar-refractivity contribution in [3.63, 3.8) is 0 Å². The lowest BCUT2D eigenvalue weighted by Crippen LogP contribution is -2.40. The summed E-state index contributed by atoms with van der Waals surface area (Å²) in [6.45, 7) is -0.596. The molecule has 0 saturated carbocycles. The summed E-state index contributed by atoms with van der Waals surface area (Å²) < 4.78 is 4.58. The molecule has 1 aliphatic rings. The van der Waals surface area contributed by atoms with Crippen LogP contribution in [-0.2, 0) is 4.74 Å². The summed E-state index contributed by atoms with van der Waals surface area (Å²) in [7, 11) is 0. The molecule has 0 amide bonds. The fraction of sp³-hybridized carbons (Fsp3) is 1.00. The highest BCUT2D eigenvalue weighted by atomic mass is 16.6. The summed E-state index contributed by atoms with van der Waals surface area (Å²) in [6.07, 6.45) is -6.75. The van der Waals surface area contributed by atoms with Crippen molar-refractivity contribution in [2.24, 2.45) is 0 Å². The number of hydrogen-bond acceptors (Lipinski definition) is 6. The summed E-state index contributed by atoms with van der Waals surface area (Å²) in [5.41, 5.74) is 0. The first-order valence-electron chi connectivity index (χ1n) is 3.56. The third-order valence-corrected chi connectivity index (χ3v) is 1.84. The maximum atomic E-state index is 9.12. The van der Waals surface area contributed by atoms with Crippen LogP contribution in [-0.4, -0.2) is 62.8 Å². The molecule has 1 aliphatic heterocycles. The summed E-state index contributed by atoms with van der Waals surface area (Å²) in [4.78, 5) is 0. The first-order valence-corrected chi connectivity index (χ1v) is 3.56. The van der Waals surface area contributed by atoms with E-state index >= 15 is 0 Å². The molecule has 0 aliphatic carbocycles. The van der Waals surface area contributed by atoms with Gasteiger partial charge in [-0.15, -0.1) is 0 Å². The van der Waals surface area contributed by atoms with Crippen molar-refractivity contribution < 1.29 is 30.3 Å². The third kappa shape index (κ3) is 1.58. The Balaban J connectivity index is 2.58. The lowest BCUT2D eigenvalue weighted by atomic mass is 10.1. The largest absolute Gasteiger partial charge is 0.394 e. The molecule has 5 atom stereocenters. The topological polar surface area (TPSA) is 110 Å². The van der Waals surface area contributed by atoms with Gasteiger partial charge in [-0.2, -0.15) is 0 Å². The van der Waals surface area contributed by atoms with Crippen LogP contribution in [0.1, 0.15) is 0 Å². The van der Waals surface area contributed by atoms with Gasteiger partial charge >= 0.3 is 0 Å². The van der Waals surface area contributed by atoms with Gasteiger partial charge in [0.15, 0.2) is 6.29 Å². The molecule has 0 unspecified atom stereocenters. The van der Waals surface area contributed by atoms with Crippen LogP contribution in [0.15, 0.2) is 0 Å². The van der Waals surface area contributed by atoms with E-state index in [4.69, 9.17) is 25.5 Å². The molecule has 1 saturated heterocycles. The zero-order valence-electron chi connectivity index (χ0n) is 6.24. The standard InChI is InChI=1S/C6H12O6/c7-1-2(8)5-3(9)4(10)6(11)12-5/h2-11H,1H2/t2-,3+,4+,5-,6+/m0/s1. The normalized spacial score (nSPS) is 44.8. The molecule has 0 aromatic rings. The fourth-order valence-corrected chi connectivity index (χ4v) is 1.11. The van der Waals surface area contributed by atoms with Crippen molar-refractivity contribution in [3.05, 3.63) is 0 Å². The van der Waals surface area contributed by atoms with Crippen molar-refractivity contribution >= 4 is 0 Å². The van der Waals surface area contributed by atoms with Crippen LogP contribution < -0.4 is 0 Å². The minimum atomic E-state index is -1.51. The highest BCUT2D eigenvalue weighted by Crippen LogP contribution is 2.21. The molecule has 6 heteroatoms. The van der Waals surface area contributed by atoms with Crippen molar-refractivity contribution in [2.75, 3.05) is 6.61 Å². The van der Waals surface area contributed by atoms with E-state index in [2.05, 4.69) is 4.74 Å². The van der Waals surface area contributed by atoms with Gasteiger partial charge < -0.3 is 30.3 Å². The van der Waals surface area contributed by atoms with Crippen molar-refractivity contribution in [1.82, 2.24) is 0 Å². The Morgan fingerprint density at radius 3 is 2.08 bits per heavy atom. The maximum absolute atomic E-state index is 9.12. The van der Waals surface area contributed by atoms with Crippen LogP contribution in [0.4, 0.5) is 0 Å². The van der Waals surface area contributed by atoms with Gasteiger partial charge in [0.05, 0.1) is 6.61 Å². The first-order chi connectivity index (χ1) is 5.57. The Bertz CT molecular complexity index is 151. The molecule has 0 bridgehead atoms. The number of aliphatic hydroxyl groups excluding tert-OH is 5. The Morgan fingerprint density at radius 2 is 1.75 bits per heavy atom. The van der Waals surface area contributed by atoms with Crippen LogP contribution in [0, 0.1) is 0 Å². The van der Waals surface area contributed by atoms with Crippen LogP contribution in [0.2, 0.25) is 0 Å². The van der Waals surface area contributed by atoms with Gasteiger partial charge in [-0.3, -0.25) is 0 Å². The van der Waals surface area contributed by atoms with Crippen LogP contribution >= 0.6 is 0 Å². The lowest BCUT2D eigenvalue weighted by Gasteiger charge is -2.18. The van der Waals surface area contributed by atoms with Crippen LogP contribution in [0.25, 0.3) is 0 Å². The quantitative estimate of drug-likeness (QED) is 0.306. The molecule has 1 rings (SSSR count). The van der Waals surface area contributed by atoms with Gasteiger partial charge in [-0.05, 0) is 0 Å². The van der Waals surface area contributed by atoms with Crippen LogP contribution in [0.5, 0.6) is 0 Å². The van der Waals surface area contributed by atoms with Crippen molar-refractivity contribution in [1.29, 1.82) is 0 Å². The van der Waals surface area contributed by atoms with Crippen molar-refractivity contribution in [2.45, 2.75) is 30.7 Å². The molecular weight excluding hydrogens is 168 g/mol. The van der Waals surface area contributed by atoms with Crippen molar-refractivity contribution in [3.8, 4) is 0 Å². The number of aliphatic hydroxyl groups is 5. The molecular formula is C6H12O6. The second-order valence-corrected chi connectivity index (χ2v) is 2.72. The van der Waals surface area contributed by atoms with E-state index in [1.807, 2.05) is 0 Å². The minimum Gasteiger partial charge on any atom is -0.394 e. The second-order valence-electron chi connectivity index (χ2n) is 2.72. The van der Waals surface area contributed by atoms with Gasteiger partial charge in [0.25, 0.3) is 0 Å². The monoisotopic (exact) mass is 180 g/mol. The maximum Gasteiger partial charge on any atom is 0.184 e. The van der Waals surface area contributed by atoms with Gasteiger partial charge in [0.1, 0.15) is 24.4 Å². The molecule has 1 fully saturated rings. The molecule has 12 heavy (non-hydrogen) atoms. The summed E-state index contributed by atoms with van der Waals surface area (Å²) >= 11 is 0. The van der Waals surface area contributed by atoms with Gasteiger partial charge in [-0.25, -0.2) is 0 Å². The van der Waals surface area contributed by atoms with E-state index in [-0.39, 0.29) is 0 Å². The highest BCUT2D eigenvalue weighted by molar-refractivity contribution is 4.89. The molecule has 72 valence electrons.